The smallest absolute Gasteiger partial charge is 0.270 e. The van der Waals surface area contributed by atoms with Crippen LogP contribution in [-0.2, 0) is 0 Å². The number of aryl methyl sites for hydroxylation is 1. The minimum Gasteiger partial charge on any atom is -0.507 e. The van der Waals surface area contributed by atoms with Crippen molar-refractivity contribution in [3.8, 4) is 16.9 Å². The van der Waals surface area contributed by atoms with Crippen molar-refractivity contribution < 1.29 is 10.0 Å². The second kappa shape index (κ2) is 9.92. The first-order chi connectivity index (χ1) is 13.0. The average Bonchev–Trinajstić information content (AvgIpc) is 2.68. The van der Waals surface area contributed by atoms with E-state index >= 15 is 0 Å². The van der Waals surface area contributed by atoms with Crippen LogP contribution in [0.25, 0.3) is 17.2 Å². The van der Waals surface area contributed by atoms with E-state index in [0.717, 1.165) is 6.42 Å². The van der Waals surface area contributed by atoms with Gasteiger partial charge in [0.05, 0.1) is 4.92 Å². The van der Waals surface area contributed by atoms with E-state index in [1.54, 1.807) is 6.08 Å². The first-order valence-corrected chi connectivity index (χ1v) is 8.77. The zero-order chi connectivity index (χ0) is 19.6. The number of benzene rings is 3. The summed E-state index contributed by atoms with van der Waals surface area (Å²) in [4.78, 5) is 9.95. The summed E-state index contributed by atoms with van der Waals surface area (Å²) in [6, 6.07) is 23.0. The zero-order valence-corrected chi connectivity index (χ0v) is 15.5. The van der Waals surface area contributed by atoms with Gasteiger partial charge in [-0.15, -0.1) is 0 Å². The Morgan fingerprint density at radius 2 is 1.67 bits per heavy atom. The monoisotopic (exact) mass is 361 g/mol. The standard InChI is InChI=1S/C13H12.C10H11NO3/c1-11-6-5-9-13(10-11)12-7-3-2-4-8-12;1-2-3-4-8-7-9(11(13)14)5-6-10(8)12/h2-10H,1H3;3-7,12H,2H2,1H3/b;4-3-. The summed E-state index contributed by atoms with van der Waals surface area (Å²) < 4.78 is 0. The van der Waals surface area contributed by atoms with Gasteiger partial charge in [-0.25, -0.2) is 0 Å². The lowest BCUT2D eigenvalue weighted by Gasteiger charge is -2.01. The number of phenols is 1. The second-order valence-corrected chi connectivity index (χ2v) is 6.05. The minimum absolute atomic E-state index is 0.0152. The van der Waals surface area contributed by atoms with Crippen molar-refractivity contribution in [1.82, 2.24) is 0 Å². The highest BCUT2D eigenvalue weighted by atomic mass is 16.6. The molecule has 0 spiro atoms. The Morgan fingerprint density at radius 3 is 2.30 bits per heavy atom. The van der Waals surface area contributed by atoms with Crippen LogP contribution in [-0.4, -0.2) is 10.0 Å². The van der Waals surface area contributed by atoms with Crippen molar-refractivity contribution in [3.63, 3.8) is 0 Å². The molecule has 0 saturated carbocycles. The van der Waals surface area contributed by atoms with Crippen molar-refractivity contribution in [2.24, 2.45) is 0 Å². The van der Waals surface area contributed by atoms with Crippen molar-refractivity contribution in [2.75, 3.05) is 0 Å². The summed E-state index contributed by atoms with van der Waals surface area (Å²) in [5, 5.41) is 19.8. The molecule has 0 amide bonds. The summed E-state index contributed by atoms with van der Waals surface area (Å²) in [5.41, 5.74) is 4.34. The maximum absolute atomic E-state index is 10.4. The van der Waals surface area contributed by atoms with Crippen LogP contribution in [0.3, 0.4) is 0 Å². The number of nitrogens with zero attached hydrogens (tertiary/aromatic N) is 1. The highest BCUT2D eigenvalue weighted by molar-refractivity contribution is 5.63. The predicted molar refractivity (Wildman–Crippen MR) is 111 cm³/mol. The highest BCUT2D eigenvalue weighted by Gasteiger charge is 2.07. The van der Waals surface area contributed by atoms with Gasteiger partial charge in [0.15, 0.2) is 0 Å². The Labute approximate surface area is 159 Å². The van der Waals surface area contributed by atoms with Crippen LogP contribution in [0.1, 0.15) is 24.5 Å². The predicted octanol–water partition coefficient (Wildman–Crippen LogP) is 6.39. The quantitative estimate of drug-likeness (QED) is 0.433. The molecule has 0 aliphatic carbocycles. The Bertz CT molecular complexity index is 918. The largest absolute Gasteiger partial charge is 0.507 e. The lowest BCUT2D eigenvalue weighted by Crippen LogP contribution is -1.88. The molecule has 0 fully saturated rings. The van der Waals surface area contributed by atoms with Crippen LogP contribution in [0.4, 0.5) is 5.69 Å². The first-order valence-electron chi connectivity index (χ1n) is 8.77. The molecule has 3 aromatic rings. The zero-order valence-electron chi connectivity index (χ0n) is 15.5. The molecule has 0 aromatic heterocycles. The topological polar surface area (TPSA) is 63.4 Å². The summed E-state index contributed by atoms with van der Waals surface area (Å²) in [6.45, 7) is 4.07. The molecule has 1 N–H and O–H groups in total. The second-order valence-electron chi connectivity index (χ2n) is 6.05. The van der Waals surface area contributed by atoms with Gasteiger partial charge >= 0.3 is 0 Å². The van der Waals surface area contributed by atoms with Gasteiger partial charge in [-0.3, -0.25) is 10.1 Å². The summed E-state index contributed by atoms with van der Waals surface area (Å²) in [6.07, 6.45) is 4.32. The fourth-order valence-corrected chi connectivity index (χ4v) is 2.49. The Morgan fingerprint density at radius 1 is 0.963 bits per heavy atom. The van der Waals surface area contributed by atoms with Crippen LogP contribution < -0.4 is 0 Å². The molecule has 0 atom stereocenters. The van der Waals surface area contributed by atoms with Crippen molar-refractivity contribution in [1.29, 1.82) is 0 Å². The molecule has 0 heterocycles. The fraction of sp³-hybridized carbons (Fsp3) is 0.130. The molecule has 3 rings (SSSR count). The van der Waals surface area contributed by atoms with Gasteiger partial charge in [0.2, 0.25) is 0 Å². The van der Waals surface area contributed by atoms with Gasteiger partial charge in [0, 0.05) is 17.7 Å². The van der Waals surface area contributed by atoms with Gasteiger partial charge in [0.25, 0.3) is 5.69 Å². The molecule has 0 radical (unpaired) electrons. The molecule has 0 bridgehead atoms. The number of hydrogen-bond acceptors (Lipinski definition) is 3. The summed E-state index contributed by atoms with van der Waals surface area (Å²) in [5.74, 6) is 0.0558. The van der Waals surface area contributed by atoms with E-state index in [4.69, 9.17) is 0 Å². The molecular formula is C23H23NO3. The first kappa shape index (κ1) is 19.9. The number of nitro benzene ring substituents is 1. The number of allylic oxidation sites excluding steroid dienone is 1. The normalized spacial score (nSPS) is 10.3. The highest BCUT2D eigenvalue weighted by Crippen LogP contribution is 2.24. The van der Waals surface area contributed by atoms with Crippen molar-refractivity contribution >= 4 is 11.8 Å². The maximum atomic E-state index is 10.4. The van der Waals surface area contributed by atoms with Gasteiger partial charge in [0.1, 0.15) is 5.75 Å². The van der Waals surface area contributed by atoms with E-state index < -0.39 is 4.92 Å². The molecule has 0 aliphatic heterocycles. The molecule has 0 aliphatic rings. The van der Waals surface area contributed by atoms with Crippen molar-refractivity contribution in [3.05, 3.63) is 100 Å². The van der Waals surface area contributed by atoms with Gasteiger partial charge < -0.3 is 5.11 Å². The van der Waals surface area contributed by atoms with Crippen LogP contribution in [0, 0.1) is 17.0 Å². The molecule has 4 nitrogen and oxygen atoms in total. The Balaban J connectivity index is 0.000000194. The number of aromatic hydroxyl groups is 1. The molecule has 27 heavy (non-hydrogen) atoms. The third-order valence-corrected chi connectivity index (χ3v) is 3.88. The van der Waals surface area contributed by atoms with Crippen molar-refractivity contribution in [2.45, 2.75) is 20.3 Å². The van der Waals surface area contributed by atoms with E-state index in [1.807, 2.05) is 19.1 Å². The SMILES string of the molecule is CC/C=C\c1cc([N+](=O)[O-])ccc1O.Cc1cccc(-c2ccccc2)c1. The summed E-state index contributed by atoms with van der Waals surface area (Å²) >= 11 is 0. The fourth-order valence-electron chi connectivity index (χ4n) is 2.49. The number of phenolic OH excluding ortho intramolecular Hbond substituents is 1. The molecule has 0 unspecified atom stereocenters. The molecular weight excluding hydrogens is 338 g/mol. The minimum atomic E-state index is -0.483. The maximum Gasteiger partial charge on any atom is 0.270 e. The Kier molecular flexibility index (Phi) is 7.32. The van der Waals surface area contributed by atoms with E-state index in [1.165, 1.54) is 34.9 Å². The number of non-ortho nitro benzene ring substituents is 1. The van der Waals surface area contributed by atoms with Crippen LogP contribution in [0.5, 0.6) is 5.75 Å². The third kappa shape index (κ3) is 6.12. The van der Waals surface area contributed by atoms with Gasteiger partial charge in [-0.2, -0.15) is 0 Å². The van der Waals surface area contributed by atoms with E-state index in [9.17, 15) is 15.2 Å². The van der Waals surface area contributed by atoms with Gasteiger partial charge in [-0.05, 0) is 30.5 Å². The number of nitro groups is 1. The van der Waals surface area contributed by atoms with Crippen LogP contribution >= 0.6 is 0 Å². The molecule has 0 saturated heterocycles. The average molecular weight is 361 g/mol. The van der Waals surface area contributed by atoms with Gasteiger partial charge in [-0.1, -0.05) is 79.2 Å². The number of hydrogen-bond donors (Lipinski definition) is 1. The Hall–Kier alpha value is -3.40. The number of rotatable bonds is 4. The lowest BCUT2D eigenvalue weighted by atomic mass is 10.0. The van der Waals surface area contributed by atoms with Crippen LogP contribution in [0.2, 0.25) is 0 Å². The summed E-state index contributed by atoms with van der Waals surface area (Å²) in [7, 11) is 0. The third-order valence-electron chi connectivity index (χ3n) is 3.88. The van der Waals surface area contributed by atoms with E-state index in [0.29, 0.717) is 5.56 Å². The van der Waals surface area contributed by atoms with Crippen LogP contribution in [0.15, 0.2) is 78.9 Å². The lowest BCUT2D eigenvalue weighted by molar-refractivity contribution is -0.384. The van der Waals surface area contributed by atoms with E-state index in [-0.39, 0.29) is 11.4 Å². The molecule has 138 valence electrons. The molecule has 4 heteroatoms. The molecule has 3 aromatic carbocycles. The van der Waals surface area contributed by atoms with E-state index in [2.05, 4.69) is 55.5 Å².